The van der Waals surface area contributed by atoms with Gasteiger partial charge in [-0.05, 0) is 49.6 Å². The van der Waals surface area contributed by atoms with E-state index >= 15 is 0 Å². The molecule has 1 fully saturated rings. The normalized spacial score (nSPS) is 17.2. The van der Waals surface area contributed by atoms with E-state index < -0.39 is 0 Å². The van der Waals surface area contributed by atoms with Crippen LogP contribution >= 0.6 is 0 Å². The van der Waals surface area contributed by atoms with Crippen LogP contribution < -0.4 is 10.7 Å². The SMILES string of the molecule is Cc1c(C(=O)NCCCN2CCOCC2)oc2c1/C(=N/NC(=O)c1cccc3ccccc13)CCC2. The molecule has 3 aromatic rings. The second-order valence-electron chi connectivity index (χ2n) is 9.30. The van der Waals surface area contributed by atoms with Crippen LogP contribution in [-0.4, -0.2) is 61.8 Å². The Hall–Kier alpha value is -3.49. The fourth-order valence-electron chi connectivity index (χ4n) is 5.01. The smallest absolute Gasteiger partial charge is 0.287 e. The van der Waals surface area contributed by atoms with E-state index in [0.29, 0.717) is 24.3 Å². The number of ether oxygens (including phenoxy) is 1. The van der Waals surface area contributed by atoms with E-state index in [1.54, 1.807) is 6.07 Å². The van der Waals surface area contributed by atoms with Crippen molar-refractivity contribution in [3.8, 4) is 0 Å². The van der Waals surface area contributed by atoms with E-state index in [4.69, 9.17) is 9.15 Å². The Balaban J connectivity index is 1.25. The first-order chi connectivity index (χ1) is 17.6. The summed E-state index contributed by atoms with van der Waals surface area (Å²) in [6.07, 6.45) is 3.18. The van der Waals surface area contributed by atoms with Gasteiger partial charge in [0.2, 0.25) is 0 Å². The molecule has 1 aliphatic heterocycles. The first kappa shape index (κ1) is 24.2. The molecule has 1 aliphatic carbocycles. The van der Waals surface area contributed by atoms with Crippen molar-refractivity contribution in [3.63, 3.8) is 0 Å². The van der Waals surface area contributed by atoms with Crippen molar-refractivity contribution in [1.82, 2.24) is 15.6 Å². The number of fused-ring (bicyclic) bond motifs is 2. The monoisotopic (exact) mass is 488 g/mol. The molecule has 1 aromatic heterocycles. The second-order valence-corrected chi connectivity index (χ2v) is 9.30. The molecule has 0 radical (unpaired) electrons. The summed E-state index contributed by atoms with van der Waals surface area (Å²) in [6, 6.07) is 13.4. The summed E-state index contributed by atoms with van der Waals surface area (Å²) < 4.78 is 11.4. The first-order valence-corrected chi connectivity index (χ1v) is 12.7. The maximum Gasteiger partial charge on any atom is 0.287 e. The maximum atomic E-state index is 13.0. The minimum atomic E-state index is -0.259. The predicted molar refractivity (Wildman–Crippen MR) is 139 cm³/mol. The minimum absolute atomic E-state index is 0.206. The number of hydrogen-bond acceptors (Lipinski definition) is 6. The van der Waals surface area contributed by atoms with Crippen LogP contribution in [0.15, 0.2) is 52.0 Å². The third-order valence-corrected chi connectivity index (χ3v) is 6.90. The fraction of sp³-hybridized carbons (Fsp3) is 0.393. The lowest BCUT2D eigenvalue weighted by molar-refractivity contribution is 0.0374. The highest BCUT2D eigenvalue weighted by molar-refractivity contribution is 6.09. The highest BCUT2D eigenvalue weighted by atomic mass is 16.5. The Kier molecular flexibility index (Phi) is 7.44. The molecule has 0 spiro atoms. The molecule has 8 heteroatoms. The highest BCUT2D eigenvalue weighted by Crippen LogP contribution is 2.30. The van der Waals surface area contributed by atoms with Crippen LogP contribution in [0.3, 0.4) is 0 Å². The van der Waals surface area contributed by atoms with Crippen molar-refractivity contribution in [2.45, 2.75) is 32.6 Å². The van der Waals surface area contributed by atoms with Gasteiger partial charge in [-0.15, -0.1) is 0 Å². The largest absolute Gasteiger partial charge is 0.455 e. The average Bonchev–Trinajstić information content (AvgIpc) is 3.27. The van der Waals surface area contributed by atoms with Gasteiger partial charge in [0.1, 0.15) is 5.76 Å². The van der Waals surface area contributed by atoms with Gasteiger partial charge in [0, 0.05) is 42.7 Å². The minimum Gasteiger partial charge on any atom is -0.455 e. The molecule has 5 rings (SSSR count). The lowest BCUT2D eigenvalue weighted by Gasteiger charge is -2.26. The van der Waals surface area contributed by atoms with Crippen molar-refractivity contribution in [2.75, 3.05) is 39.4 Å². The van der Waals surface area contributed by atoms with Crippen molar-refractivity contribution >= 4 is 28.3 Å². The fourth-order valence-corrected chi connectivity index (χ4v) is 5.01. The van der Waals surface area contributed by atoms with Crippen molar-refractivity contribution < 1.29 is 18.7 Å². The van der Waals surface area contributed by atoms with Gasteiger partial charge < -0.3 is 14.5 Å². The Morgan fingerprint density at radius 2 is 1.83 bits per heavy atom. The summed E-state index contributed by atoms with van der Waals surface area (Å²) in [4.78, 5) is 28.2. The number of nitrogens with one attached hydrogen (secondary N) is 2. The molecule has 1 saturated heterocycles. The van der Waals surface area contributed by atoms with Gasteiger partial charge in [-0.25, -0.2) is 5.43 Å². The van der Waals surface area contributed by atoms with Gasteiger partial charge in [0.05, 0.1) is 18.9 Å². The lowest BCUT2D eigenvalue weighted by atomic mass is 9.93. The number of amides is 2. The van der Waals surface area contributed by atoms with E-state index in [1.807, 2.05) is 43.3 Å². The third-order valence-electron chi connectivity index (χ3n) is 6.90. The second kappa shape index (κ2) is 11.1. The zero-order valence-corrected chi connectivity index (χ0v) is 20.6. The molecule has 36 heavy (non-hydrogen) atoms. The third kappa shape index (κ3) is 5.20. The van der Waals surface area contributed by atoms with Crippen LogP contribution in [0.5, 0.6) is 0 Å². The summed E-state index contributed by atoms with van der Waals surface area (Å²) in [7, 11) is 0. The van der Waals surface area contributed by atoms with Crippen LogP contribution in [0.1, 0.15) is 57.1 Å². The predicted octanol–water partition coefficient (Wildman–Crippen LogP) is 3.66. The Bertz CT molecular complexity index is 1280. The standard InChI is InChI=1S/C28H32N4O4/c1-19-25-23(30-31-27(33)22-10-4-8-20-7-2-3-9-21(20)22)11-5-12-24(25)36-26(19)28(34)29-13-6-14-32-15-17-35-18-16-32/h2-4,7-10H,5-6,11-18H2,1H3,(H,29,34)(H,31,33)/b30-23+. The topological polar surface area (TPSA) is 96.2 Å². The number of aryl methyl sites for hydroxylation is 1. The van der Waals surface area contributed by atoms with Gasteiger partial charge in [-0.3, -0.25) is 14.5 Å². The van der Waals surface area contributed by atoms with E-state index in [9.17, 15) is 9.59 Å². The van der Waals surface area contributed by atoms with E-state index in [-0.39, 0.29) is 11.8 Å². The molecule has 188 valence electrons. The lowest BCUT2D eigenvalue weighted by Crippen LogP contribution is -2.38. The Morgan fingerprint density at radius 3 is 2.69 bits per heavy atom. The average molecular weight is 489 g/mol. The number of rotatable bonds is 7. The molecule has 2 aliphatic rings. The molecular formula is C28H32N4O4. The summed E-state index contributed by atoms with van der Waals surface area (Å²) in [5, 5.41) is 9.36. The molecule has 0 saturated carbocycles. The number of carbonyl (C=O) groups is 2. The number of hydrazone groups is 1. The van der Waals surface area contributed by atoms with Crippen LogP contribution in [-0.2, 0) is 11.2 Å². The molecule has 2 heterocycles. The summed E-state index contributed by atoms with van der Waals surface area (Å²) >= 11 is 0. The number of hydrogen-bond donors (Lipinski definition) is 2. The first-order valence-electron chi connectivity index (χ1n) is 12.7. The van der Waals surface area contributed by atoms with Crippen LogP contribution in [0, 0.1) is 6.92 Å². The van der Waals surface area contributed by atoms with Crippen molar-refractivity contribution in [2.24, 2.45) is 5.10 Å². The number of morpholine rings is 1. The molecule has 8 nitrogen and oxygen atoms in total. The van der Waals surface area contributed by atoms with E-state index in [0.717, 1.165) is 85.5 Å². The van der Waals surface area contributed by atoms with E-state index in [2.05, 4.69) is 20.7 Å². The Labute approximate surface area is 210 Å². The van der Waals surface area contributed by atoms with Gasteiger partial charge in [-0.2, -0.15) is 5.10 Å². The van der Waals surface area contributed by atoms with Gasteiger partial charge in [0.25, 0.3) is 11.8 Å². The van der Waals surface area contributed by atoms with Crippen LogP contribution in [0.25, 0.3) is 10.8 Å². The molecule has 2 aromatic carbocycles. The molecule has 0 unspecified atom stereocenters. The van der Waals surface area contributed by atoms with Crippen molar-refractivity contribution in [3.05, 3.63) is 70.7 Å². The maximum absolute atomic E-state index is 13.0. The van der Waals surface area contributed by atoms with Crippen molar-refractivity contribution in [1.29, 1.82) is 0 Å². The quantitative estimate of drug-likeness (QED) is 0.391. The summed E-state index contributed by atoms with van der Waals surface area (Å²) in [6.45, 7) is 6.84. The number of nitrogens with zero attached hydrogens (tertiary/aromatic N) is 2. The molecule has 0 atom stereocenters. The Morgan fingerprint density at radius 1 is 1.03 bits per heavy atom. The number of benzene rings is 2. The van der Waals surface area contributed by atoms with Crippen LogP contribution in [0.4, 0.5) is 0 Å². The number of furan rings is 1. The summed E-state index contributed by atoms with van der Waals surface area (Å²) in [5.41, 5.74) is 5.68. The molecular weight excluding hydrogens is 456 g/mol. The zero-order chi connectivity index (χ0) is 24.9. The summed E-state index contributed by atoms with van der Waals surface area (Å²) in [5.74, 6) is 0.630. The highest BCUT2D eigenvalue weighted by Gasteiger charge is 2.28. The molecule has 2 amide bonds. The molecule has 0 bridgehead atoms. The number of carbonyl (C=O) groups excluding carboxylic acids is 2. The van der Waals surface area contributed by atoms with Gasteiger partial charge in [0.15, 0.2) is 5.76 Å². The van der Waals surface area contributed by atoms with E-state index in [1.165, 1.54) is 0 Å². The van der Waals surface area contributed by atoms with Crippen LogP contribution in [0.2, 0.25) is 0 Å². The zero-order valence-electron chi connectivity index (χ0n) is 20.6. The van der Waals surface area contributed by atoms with Gasteiger partial charge >= 0.3 is 0 Å². The van der Waals surface area contributed by atoms with Gasteiger partial charge in [-0.1, -0.05) is 36.4 Å². The molecule has 2 N–H and O–H groups in total.